The number of hydrogen-bond donors (Lipinski definition) is 1. The van der Waals surface area contributed by atoms with Gasteiger partial charge in [-0.3, -0.25) is 4.79 Å². The van der Waals surface area contributed by atoms with Crippen LogP contribution in [-0.4, -0.2) is 21.6 Å². The van der Waals surface area contributed by atoms with E-state index in [0.29, 0.717) is 5.75 Å². The second-order valence-corrected chi connectivity index (χ2v) is 9.04. The number of carbonyl (C=O) groups excluding carboxylic acids is 1. The van der Waals surface area contributed by atoms with Crippen molar-refractivity contribution in [3.05, 3.63) is 71.4 Å². The Hall–Kier alpha value is -2.70. The van der Waals surface area contributed by atoms with Crippen LogP contribution < -0.4 is 5.32 Å². The highest BCUT2D eigenvalue weighted by atomic mass is 32.2. The molecule has 144 valence electrons. The van der Waals surface area contributed by atoms with Crippen molar-refractivity contribution in [2.75, 3.05) is 11.1 Å². The van der Waals surface area contributed by atoms with Gasteiger partial charge in [-0.2, -0.15) is 0 Å². The molecule has 0 fully saturated rings. The standard InChI is InChI=1S/C23H19N3OS2/c27-20(26-17-11-9-16(10-12-17)15-5-2-1-3-6-15)13-28-22-21-18-7-4-8-19(18)29-23(21)25-14-24-22/h1-3,5-6,9-12,14H,4,7-8,13H2,(H,26,27). The molecular formula is C23H19N3OS2. The fraction of sp³-hybridized carbons (Fsp3) is 0.174. The van der Waals surface area contributed by atoms with Crippen LogP contribution in [0.3, 0.4) is 0 Å². The normalized spacial score (nSPS) is 12.8. The van der Waals surface area contributed by atoms with E-state index in [1.54, 1.807) is 17.7 Å². The lowest BCUT2D eigenvalue weighted by Gasteiger charge is -2.07. The summed E-state index contributed by atoms with van der Waals surface area (Å²) in [5, 5.41) is 5.07. The molecule has 2 heterocycles. The van der Waals surface area contributed by atoms with E-state index in [0.717, 1.165) is 44.9 Å². The lowest BCUT2D eigenvalue weighted by atomic mass is 10.1. The predicted molar refractivity (Wildman–Crippen MR) is 121 cm³/mol. The number of nitrogens with one attached hydrogen (secondary N) is 1. The quantitative estimate of drug-likeness (QED) is 0.340. The Balaban J connectivity index is 1.26. The van der Waals surface area contributed by atoms with Crippen LogP contribution in [0.5, 0.6) is 0 Å². The molecule has 4 aromatic rings. The third-order valence-corrected chi connectivity index (χ3v) is 7.27. The van der Waals surface area contributed by atoms with E-state index in [1.807, 2.05) is 42.5 Å². The Morgan fingerprint density at radius 2 is 1.79 bits per heavy atom. The summed E-state index contributed by atoms with van der Waals surface area (Å²) in [6.07, 6.45) is 5.04. The van der Waals surface area contributed by atoms with Gasteiger partial charge in [-0.05, 0) is 48.1 Å². The fourth-order valence-corrected chi connectivity index (χ4v) is 5.84. The molecule has 0 saturated heterocycles. The Kier molecular flexibility index (Phi) is 5.04. The Morgan fingerprint density at radius 3 is 2.62 bits per heavy atom. The largest absolute Gasteiger partial charge is 0.325 e. The van der Waals surface area contributed by atoms with Gasteiger partial charge in [-0.1, -0.05) is 54.2 Å². The number of fused-ring (bicyclic) bond motifs is 3. The molecule has 1 N–H and O–H groups in total. The van der Waals surface area contributed by atoms with E-state index < -0.39 is 0 Å². The van der Waals surface area contributed by atoms with E-state index in [4.69, 9.17) is 0 Å². The number of amides is 1. The monoisotopic (exact) mass is 417 g/mol. The molecule has 5 rings (SSSR count). The molecule has 29 heavy (non-hydrogen) atoms. The molecule has 0 atom stereocenters. The zero-order valence-electron chi connectivity index (χ0n) is 15.7. The van der Waals surface area contributed by atoms with Crippen LogP contribution in [0, 0.1) is 0 Å². The number of thiophene rings is 1. The smallest absolute Gasteiger partial charge is 0.234 e. The Bertz CT molecular complexity index is 1170. The van der Waals surface area contributed by atoms with Crippen molar-refractivity contribution < 1.29 is 4.79 Å². The van der Waals surface area contributed by atoms with Crippen LogP contribution in [0.25, 0.3) is 21.3 Å². The molecule has 0 unspecified atom stereocenters. The number of aryl methyl sites for hydroxylation is 2. The van der Waals surface area contributed by atoms with Gasteiger partial charge in [0.25, 0.3) is 0 Å². The minimum atomic E-state index is -0.0268. The maximum absolute atomic E-state index is 12.5. The number of hydrogen-bond acceptors (Lipinski definition) is 5. The first-order chi connectivity index (χ1) is 14.3. The SMILES string of the molecule is O=C(CSc1ncnc2sc3c(c12)CCC3)Nc1ccc(-c2ccccc2)cc1. The minimum Gasteiger partial charge on any atom is -0.325 e. The van der Waals surface area contributed by atoms with Gasteiger partial charge in [-0.15, -0.1) is 11.3 Å². The third kappa shape index (κ3) is 3.78. The summed E-state index contributed by atoms with van der Waals surface area (Å²) in [5.74, 6) is 0.304. The van der Waals surface area contributed by atoms with E-state index >= 15 is 0 Å². The molecule has 1 aliphatic rings. The van der Waals surface area contributed by atoms with Gasteiger partial charge >= 0.3 is 0 Å². The average molecular weight is 418 g/mol. The first-order valence-corrected chi connectivity index (χ1v) is 11.4. The van der Waals surface area contributed by atoms with Crippen molar-refractivity contribution in [3.63, 3.8) is 0 Å². The summed E-state index contributed by atoms with van der Waals surface area (Å²) in [6, 6.07) is 18.2. The fourth-order valence-electron chi connectivity index (χ4n) is 3.72. The van der Waals surface area contributed by atoms with Crippen molar-refractivity contribution in [2.45, 2.75) is 24.3 Å². The van der Waals surface area contributed by atoms with Gasteiger partial charge in [0.15, 0.2) is 0 Å². The highest BCUT2D eigenvalue weighted by Crippen LogP contribution is 2.40. The van der Waals surface area contributed by atoms with Gasteiger partial charge < -0.3 is 5.32 Å². The Labute approximate surface area is 177 Å². The molecule has 0 spiro atoms. The lowest BCUT2D eigenvalue weighted by molar-refractivity contribution is -0.113. The van der Waals surface area contributed by atoms with Gasteiger partial charge in [0.1, 0.15) is 16.2 Å². The van der Waals surface area contributed by atoms with Crippen molar-refractivity contribution >= 4 is 44.9 Å². The van der Waals surface area contributed by atoms with Crippen LogP contribution in [0.2, 0.25) is 0 Å². The van der Waals surface area contributed by atoms with Gasteiger partial charge in [0.2, 0.25) is 5.91 Å². The molecule has 6 heteroatoms. The molecule has 1 aliphatic carbocycles. The number of nitrogens with zero attached hydrogens (tertiary/aromatic N) is 2. The van der Waals surface area contributed by atoms with Crippen LogP contribution >= 0.6 is 23.1 Å². The molecule has 2 aromatic carbocycles. The van der Waals surface area contributed by atoms with E-state index in [2.05, 4.69) is 27.4 Å². The number of rotatable bonds is 5. The van der Waals surface area contributed by atoms with Crippen LogP contribution in [0.4, 0.5) is 5.69 Å². The van der Waals surface area contributed by atoms with Gasteiger partial charge in [0.05, 0.1) is 5.75 Å². The van der Waals surface area contributed by atoms with Crippen molar-refractivity contribution in [1.82, 2.24) is 9.97 Å². The zero-order chi connectivity index (χ0) is 19.6. The maximum atomic E-state index is 12.5. The van der Waals surface area contributed by atoms with Gasteiger partial charge in [0, 0.05) is 16.0 Å². The molecule has 4 nitrogen and oxygen atoms in total. The summed E-state index contributed by atoms with van der Waals surface area (Å²) in [5.41, 5.74) is 4.49. The van der Waals surface area contributed by atoms with E-state index in [-0.39, 0.29) is 5.91 Å². The van der Waals surface area contributed by atoms with Crippen molar-refractivity contribution in [2.24, 2.45) is 0 Å². The van der Waals surface area contributed by atoms with E-state index in [9.17, 15) is 4.79 Å². The molecule has 0 saturated carbocycles. The van der Waals surface area contributed by atoms with Crippen LogP contribution in [0.1, 0.15) is 16.9 Å². The number of carbonyl (C=O) groups is 1. The summed E-state index contributed by atoms with van der Waals surface area (Å²) in [7, 11) is 0. The molecule has 1 amide bonds. The summed E-state index contributed by atoms with van der Waals surface area (Å²) < 4.78 is 0. The number of thioether (sulfide) groups is 1. The van der Waals surface area contributed by atoms with Crippen molar-refractivity contribution in [3.8, 4) is 11.1 Å². The second kappa shape index (κ2) is 7.97. The Morgan fingerprint density at radius 1 is 1.00 bits per heavy atom. The highest BCUT2D eigenvalue weighted by molar-refractivity contribution is 8.00. The maximum Gasteiger partial charge on any atom is 0.234 e. The number of benzene rings is 2. The third-order valence-electron chi connectivity index (χ3n) is 5.08. The second-order valence-electron chi connectivity index (χ2n) is 7.00. The van der Waals surface area contributed by atoms with E-state index in [1.165, 1.54) is 28.6 Å². The summed E-state index contributed by atoms with van der Waals surface area (Å²) in [4.78, 5) is 23.8. The molecule has 0 aliphatic heterocycles. The van der Waals surface area contributed by atoms with Crippen LogP contribution in [0.15, 0.2) is 66.0 Å². The molecule has 2 aromatic heterocycles. The molecular weight excluding hydrogens is 398 g/mol. The number of aromatic nitrogens is 2. The van der Waals surface area contributed by atoms with Gasteiger partial charge in [-0.25, -0.2) is 9.97 Å². The minimum absolute atomic E-state index is 0.0268. The first-order valence-electron chi connectivity index (χ1n) is 9.61. The average Bonchev–Trinajstić information content (AvgIpc) is 3.35. The zero-order valence-corrected chi connectivity index (χ0v) is 17.4. The molecule has 0 bridgehead atoms. The highest BCUT2D eigenvalue weighted by Gasteiger charge is 2.21. The lowest BCUT2D eigenvalue weighted by Crippen LogP contribution is -2.14. The summed E-state index contributed by atoms with van der Waals surface area (Å²) in [6.45, 7) is 0. The topological polar surface area (TPSA) is 54.9 Å². The van der Waals surface area contributed by atoms with Crippen LogP contribution in [-0.2, 0) is 17.6 Å². The number of anilines is 1. The van der Waals surface area contributed by atoms with Crippen molar-refractivity contribution in [1.29, 1.82) is 0 Å². The summed E-state index contributed by atoms with van der Waals surface area (Å²) >= 11 is 3.26. The predicted octanol–water partition coefficient (Wildman–Crippen LogP) is 5.58. The molecule has 0 radical (unpaired) electrons. The first kappa shape index (κ1) is 18.3.